The molecule has 1 heterocycles. The van der Waals surface area contributed by atoms with Gasteiger partial charge in [0.2, 0.25) is 0 Å². The Morgan fingerprint density at radius 2 is 2.00 bits per heavy atom. The summed E-state index contributed by atoms with van der Waals surface area (Å²) >= 11 is 5.85. The van der Waals surface area contributed by atoms with Crippen molar-refractivity contribution in [3.8, 4) is 0 Å². The maximum absolute atomic E-state index is 11.9. The Morgan fingerprint density at radius 3 is 2.67 bits per heavy atom. The smallest absolute Gasteiger partial charge is 0.194 e. The van der Waals surface area contributed by atoms with Crippen LogP contribution in [0.15, 0.2) is 53.2 Å². The van der Waals surface area contributed by atoms with Crippen molar-refractivity contribution in [3.63, 3.8) is 0 Å². The lowest BCUT2D eigenvalue weighted by Crippen LogP contribution is -2.16. The van der Waals surface area contributed by atoms with Gasteiger partial charge in [0.25, 0.3) is 0 Å². The Morgan fingerprint density at radius 1 is 1.27 bits per heavy atom. The molecule has 0 amide bonds. The third-order valence-corrected chi connectivity index (χ3v) is 2.38. The molecule has 0 bridgehead atoms. The fourth-order valence-electron chi connectivity index (χ4n) is 1.41. The van der Waals surface area contributed by atoms with Crippen LogP contribution in [0, 0.1) is 0 Å². The topological polar surface area (TPSA) is 29.1 Å². The van der Waals surface area contributed by atoms with Gasteiger partial charge in [-0.25, -0.2) is 0 Å². The summed E-state index contributed by atoms with van der Waals surface area (Å²) in [5.41, 5.74) is 1.27. The SMILES string of the molecule is O=C(C1=CNCC(Cl)=C1)c1ccccc1. The first-order valence-corrected chi connectivity index (χ1v) is 5.04. The number of hydrogen-bond acceptors (Lipinski definition) is 2. The molecule has 15 heavy (non-hydrogen) atoms. The van der Waals surface area contributed by atoms with Gasteiger partial charge in [0.05, 0.1) is 6.54 Å². The van der Waals surface area contributed by atoms with Gasteiger partial charge in [-0.2, -0.15) is 0 Å². The summed E-state index contributed by atoms with van der Waals surface area (Å²) in [7, 11) is 0. The molecule has 0 saturated carbocycles. The summed E-state index contributed by atoms with van der Waals surface area (Å²) in [4.78, 5) is 11.9. The molecule has 1 aliphatic rings. The standard InChI is InChI=1S/C12H10ClNO/c13-11-6-10(7-14-8-11)12(15)9-4-2-1-3-5-9/h1-7,14H,8H2. The van der Waals surface area contributed by atoms with Crippen molar-refractivity contribution in [1.29, 1.82) is 0 Å². The molecule has 76 valence electrons. The second kappa shape index (κ2) is 4.32. The lowest BCUT2D eigenvalue weighted by Gasteiger charge is -2.10. The molecule has 0 atom stereocenters. The molecule has 1 aromatic carbocycles. The predicted octanol–water partition coefficient (Wildman–Crippen LogP) is 2.48. The maximum Gasteiger partial charge on any atom is 0.194 e. The Balaban J connectivity index is 2.26. The molecular weight excluding hydrogens is 210 g/mol. The average Bonchev–Trinajstić information content (AvgIpc) is 2.29. The lowest BCUT2D eigenvalue weighted by molar-refractivity contribution is 0.103. The zero-order valence-electron chi connectivity index (χ0n) is 8.03. The van der Waals surface area contributed by atoms with Crippen LogP contribution >= 0.6 is 11.6 Å². The second-order valence-corrected chi connectivity index (χ2v) is 3.75. The second-order valence-electron chi connectivity index (χ2n) is 3.27. The van der Waals surface area contributed by atoms with Crippen molar-refractivity contribution in [3.05, 3.63) is 58.8 Å². The van der Waals surface area contributed by atoms with Gasteiger partial charge in [-0.3, -0.25) is 4.79 Å². The van der Waals surface area contributed by atoms with Gasteiger partial charge in [-0.05, 0) is 6.08 Å². The van der Waals surface area contributed by atoms with E-state index in [4.69, 9.17) is 11.6 Å². The molecule has 1 N–H and O–H groups in total. The van der Waals surface area contributed by atoms with Gasteiger partial charge >= 0.3 is 0 Å². The summed E-state index contributed by atoms with van der Waals surface area (Å²) < 4.78 is 0. The molecule has 1 aliphatic heterocycles. The molecule has 1 aromatic rings. The van der Waals surface area contributed by atoms with E-state index in [1.54, 1.807) is 24.4 Å². The quantitative estimate of drug-likeness (QED) is 0.775. The van der Waals surface area contributed by atoms with Crippen LogP contribution in [0.3, 0.4) is 0 Å². The van der Waals surface area contributed by atoms with Crippen LogP contribution in [0.5, 0.6) is 0 Å². The van der Waals surface area contributed by atoms with Crippen LogP contribution in [-0.4, -0.2) is 12.3 Å². The van der Waals surface area contributed by atoms with Crippen molar-refractivity contribution in [2.24, 2.45) is 0 Å². The number of halogens is 1. The van der Waals surface area contributed by atoms with Gasteiger partial charge in [-0.15, -0.1) is 0 Å². The molecule has 0 spiro atoms. The van der Waals surface area contributed by atoms with Gasteiger partial charge < -0.3 is 5.32 Å². The van der Waals surface area contributed by atoms with E-state index >= 15 is 0 Å². The average molecular weight is 220 g/mol. The van der Waals surface area contributed by atoms with Crippen molar-refractivity contribution >= 4 is 17.4 Å². The predicted molar refractivity (Wildman–Crippen MR) is 60.8 cm³/mol. The van der Waals surface area contributed by atoms with E-state index in [-0.39, 0.29) is 5.78 Å². The molecule has 0 saturated heterocycles. The van der Waals surface area contributed by atoms with Crippen LogP contribution < -0.4 is 5.32 Å². The summed E-state index contributed by atoms with van der Waals surface area (Å²) in [6, 6.07) is 9.15. The van der Waals surface area contributed by atoms with E-state index in [9.17, 15) is 4.79 Å². The van der Waals surface area contributed by atoms with Gasteiger partial charge in [-0.1, -0.05) is 41.9 Å². The van der Waals surface area contributed by atoms with Crippen molar-refractivity contribution in [2.75, 3.05) is 6.54 Å². The number of hydrogen-bond donors (Lipinski definition) is 1. The number of carbonyl (C=O) groups is 1. The zero-order valence-corrected chi connectivity index (χ0v) is 8.79. The summed E-state index contributed by atoms with van der Waals surface area (Å²) in [6.45, 7) is 0.590. The van der Waals surface area contributed by atoms with Crippen LogP contribution in [0.25, 0.3) is 0 Å². The van der Waals surface area contributed by atoms with Crippen molar-refractivity contribution in [2.45, 2.75) is 0 Å². The summed E-state index contributed by atoms with van der Waals surface area (Å²) in [5, 5.41) is 3.60. The van der Waals surface area contributed by atoms with E-state index < -0.39 is 0 Å². The fraction of sp³-hybridized carbons (Fsp3) is 0.0833. The minimum atomic E-state index is -0.0130. The monoisotopic (exact) mass is 219 g/mol. The number of rotatable bonds is 2. The van der Waals surface area contributed by atoms with Crippen LogP contribution in [0.1, 0.15) is 10.4 Å². The molecule has 0 radical (unpaired) electrons. The molecule has 0 aliphatic carbocycles. The van der Waals surface area contributed by atoms with E-state index in [2.05, 4.69) is 5.32 Å². The molecule has 3 heteroatoms. The van der Waals surface area contributed by atoms with Crippen LogP contribution in [-0.2, 0) is 0 Å². The Labute approximate surface area is 93.3 Å². The Kier molecular flexibility index (Phi) is 2.88. The highest BCUT2D eigenvalue weighted by atomic mass is 35.5. The van der Waals surface area contributed by atoms with Gasteiger partial charge in [0.1, 0.15) is 0 Å². The first-order chi connectivity index (χ1) is 7.27. The number of Topliss-reactive ketones (excluding diaryl/α,β-unsaturated/α-hetero) is 1. The number of benzene rings is 1. The molecule has 0 unspecified atom stereocenters. The largest absolute Gasteiger partial charge is 0.385 e. The highest BCUT2D eigenvalue weighted by Crippen LogP contribution is 2.15. The van der Waals surface area contributed by atoms with E-state index in [1.165, 1.54) is 0 Å². The highest BCUT2D eigenvalue weighted by Gasteiger charge is 2.12. The molecule has 2 rings (SSSR count). The van der Waals surface area contributed by atoms with Crippen LogP contribution in [0.4, 0.5) is 0 Å². The first-order valence-electron chi connectivity index (χ1n) is 4.67. The third kappa shape index (κ3) is 2.28. The summed E-state index contributed by atoms with van der Waals surface area (Å²) in [5.74, 6) is -0.0130. The van der Waals surface area contributed by atoms with E-state index in [1.807, 2.05) is 18.2 Å². The zero-order chi connectivity index (χ0) is 10.7. The van der Waals surface area contributed by atoms with Gasteiger partial charge in [0.15, 0.2) is 5.78 Å². The van der Waals surface area contributed by atoms with Crippen molar-refractivity contribution < 1.29 is 4.79 Å². The molecule has 2 nitrogen and oxygen atoms in total. The number of carbonyl (C=O) groups excluding carboxylic acids is 1. The molecule has 0 fully saturated rings. The van der Waals surface area contributed by atoms with E-state index in [0.717, 1.165) is 0 Å². The minimum absolute atomic E-state index is 0.0130. The Hall–Kier alpha value is -1.54. The molecule has 0 aromatic heterocycles. The third-order valence-electron chi connectivity index (χ3n) is 2.14. The maximum atomic E-state index is 11.9. The fourth-order valence-corrected chi connectivity index (χ4v) is 1.60. The Bertz CT molecular complexity index is 434. The highest BCUT2D eigenvalue weighted by molar-refractivity contribution is 6.30. The van der Waals surface area contributed by atoms with Gasteiger partial charge in [0, 0.05) is 22.4 Å². The van der Waals surface area contributed by atoms with E-state index in [0.29, 0.717) is 22.7 Å². The first kappa shape index (κ1) is 9.99. The number of ketones is 1. The number of nitrogens with one attached hydrogen (secondary N) is 1. The number of allylic oxidation sites excluding steroid dienone is 2. The number of dihydropyridines is 1. The molecular formula is C12H10ClNO. The summed E-state index contributed by atoms with van der Waals surface area (Å²) in [6.07, 6.45) is 3.40. The van der Waals surface area contributed by atoms with Crippen LogP contribution in [0.2, 0.25) is 0 Å². The minimum Gasteiger partial charge on any atom is -0.385 e. The normalized spacial score (nSPS) is 15.0. The lowest BCUT2D eigenvalue weighted by atomic mass is 10.0. The van der Waals surface area contributed by atoms with Crippen molar-refractivity contribution in [1.82, 2.24) is 5.32 Å².